The number of rotatable bonds is 3. The number of benzene rings is 1. The van der Waals surface area contributed by atoms with E-state index in [-0.39, 0.29) is 36.0 Å². The zero-order valence-corrected chi connectivity index (χ0v) is 11.6. The highest BCUT2D eigenvalue weighted by molar-refractivity contribution is 6.32. The molecule has 0 aromatic heterocycles. The van der Waals surface area contributed by atoms with Gasteiger partial charge < -0.3 is 15.4 Å². The summed E-state index contributed by atoms with van der Waals surface area (Å²) in [6.07, 6.45) is 0. The molecule has 0 saturated carbocycles. The molecule has 8 nitrogen and oxygen atoms in total. The Morgan fingerprint density at radius 3 is 2.81 bits per heavy atom. The largest absolute Gasteiger partial charge is 0.377 e. The topological polar surface area (TPSA) is 116 Å². The fourth-order valence-electron chi connectivity index (χ4n) is 2.03. The van der Waals surface area contributed by atoms with Crippen molar-refractivity contribution in [1.82, 2.24) is 4.90 Å². The Balaban J connectivity index is 2.32. The fraction of sp³-hybridized carbons (Fsp3) is 0.333. The Morgan fingerprint density at radius 2 is 2.19 bits per heavy atom. The SMILES string of the molecule is NC(=O)C1COCCN1C(=O)c1ccc(Cl)c([N+](=O)[O-])c1. The second-order valence-corrected chi connectivity index (χ2v) is 4.82. The van der Waals surface area contributed by atoms with Crippen molar-refractivity contribution in [1.29, 1.82) is 0 Å². The zero-order valence-electron chi connectivity index (χ0n) is 10.8. The predicted molar refractivity (Wildman–Crippen MR) is 72.9 cm³/mol. The van der Waals surface area contributed by atoms with Gasteiger partial charge in [0.2, 0.25) is 5.91 Å². The first-order valence-electron chi connectivity index (χ1n) is 6.04. The van der Waals surface area contributed by atoms with Crippen molar-refractivity contribution in [3.8, 4) is 0 Å². The molecular formula is C12H12ClN3O5. The molecule has 1 unspecified atom stereocenters. The van der Waals surface area contributed by atoms with Gasteiger partial charge in [0, 0.05) is 18.2 Å². The molecule has 2 rings (SSSR count). The summed E-state index contributed by atoms with van der Waals surface area (Å²) in [5.41, 5.74) is 4.93. The van der Waals surface area contributed by atoms with Crippen LogP contribution in [0.3, 0.4) is 0 Å². The van der Waals surface area contributed by atoms with Crippen LogP contribution in [0.15, 0.2) is 18.2 Å². The van der Waals surface area contributed by atoms with Crippen molar-refractivity contribution < 1.29 is 19.2 Å². The van der Waals surface area contributed by atoms with Gasteiger partial charge in [0.05, 0.1) is 18.1 Å². The average Bonchev–Trinajstić information content (AvgIpc) is 2.46. The molecule has 1 aliphatic rings. The lowest BCUT2D eigenvalue weighted by Crippen LogP contribution is -2.54. The molecule has 0 aliphatic carbocycles. The molecule has 21 heavy (non-hydrogen) atoms. The number of nitrogens with zero attached hydrogens (tertiary/aromatic N) is 2. The summed E-state index contributed by atoms with van der Waals surface area (Å²) < 4.78 is 5.12. The molecule has 0 bridgehead atoms. The van der Waals surface area contributed by atoms with Crippen molar-refractivity contribution in [3.63, 3.8) is 0 Å². The summed E-state index contributed by atoms with van der Waals surface area (Å²) in [4.78, 5) is 35.2. The number of carbonyl (C=O) groups excluding carboxylic acids is 2. The maximum absolute atomic E-state index is 12.4. The molecule has 2 amide bonds. The number of halogens is 1. The fourth-order valence-corrected chi connectivity index (χ4v) is 2.22. The maximum Gasteiger partial charge on any atom is 0.288 e. The second-order valence-electron chi connectivity index (χ2n) is 4.41. The highest BCUT2D eigenvalue weighted by atomic mass is 35.5. The standard InChI is InChI=1S/C12H12ClN3O5/c13-8-2-1-7(5-9(8)16(19)20)12(18)15-3-4-21-6-10(15)11(14)17/h1-2,5,10H,3-4,6H2,(H2,14,17). The van der Waals surface area contributed by atoms with Crippen molar-refractivity contribution in [2.24, 2.45) is 5.73 Å². The van der Waals surface area contributed by atoms with Crippen LogP contribution in [0.25, 0.3) is 0 Å². The van der Waals surface area contributed by atoms with Crippen LogP contribution in [0.2, 0.25) is 5.02 Å². The number of carbonyl (C=O) groups is 2. The lowest BCUT2D eigenvalue weighted by molar-refractivity contribution is -0.384. The Bertz CT molecular complexity index is 607. The van der Waals surface area contributed by atoms with Crippen molar-refractivity contribution in [2.45, 2.75) is 6.04 Å². The van der Waals surface area contributed by atoms with Gasteiger partial charge in [-0.15, -0.1) is 0 Å². The highest BCUT2D eigenvalue weighted by Gasteiger charge is 2.32. The monoisotopic (exact) mass is 313 g/mol. The predicted octanol–water partition coefficient (Wildman–Crippen LogP) is 0.575. The second kappa shape index (κ2) is 6.06. The van der Waals surface area contributed by atoms with Crippen molar-refractivity contribution >= 4 is 29.1 Å². The van der Waals surface area contributed by atoms with E-state index < -0.39 is 22.8 Å². The summed E-state index contributed by atoms with van der Waals surface area (Å²) in [7, 11) is 0. The Hall–Kier alpha value is -2.19. The molecule has 1 heterocycles. The third kappa shape index (κ3) is 3.11. The summed E-state index contributed by atoms with van der Waals surface area (Å²) in [5, 5.41) is 10.8. The van der Waals surface area contributed by atoms with Gasteiger partial charge in [-0.2, -0.15) is 0 Å². The van der Waals surface area contributed by atoms with E-state index in [4.69, 9.17) is 22.1 Å². The number of morpholine rings is 1. The number of ether oxygens (including phenoxy) is 1. The molecule has 2 N–H and O–H groups in total. The van der Waals surface area contributed by atoms with Gasteiger partial charge in [-0.05, 0) is 12.1 Å². The number of nitrogens with two attached hydrogens (primary N) is 1. The third-order valence-electron chi connectivity index (χ3n) is 3.11. The number of hydrogen-bond acceptors (Lipinski definition) is 5. The minimum absolute atomic E-state index is 0.0107. The van der Waals surface area contributed by atoms with E-state index in [1.54, 1.807) is 0 Å². The summed E-state index contributed by atoms with van der Waals surface area (Å²) in [6, 6.07) is 2.83. The Kier molecular flexibility index (Phi) is 4.39. The van der Waals surface area contributed by atoms with Gasteiger partial charge in [0.15, 0.2) is 0 Å². The van der Waals surface area contributed by atoms with Gasteiger partial charge in [0.25, 0.3) is 11.6 Å². The van der Waals surface area contributed by atoms with Crippen LogP contribution in [0.5, 0.6) is 0 Å². The lowest BCUT2D eigenvalue weighted by Gasteiger charge is -2.33. The Labute approximate surface area is 124 Å². The first-order valence-corrected chi connectivity index (χ1v) is 6.41. The molecule has 1 aromatic carbocycles. The van der Waals surface area contributed by atoms with E-state index in [1.165, 1.54) is 17.0 Å². The average molecular weight is 314 g/mol. The third-order valence-corrected chi connectivity index (χ3v) is 3.43. The number of nitro groups is 1. The number of amides is 2. The van der Waals surface area contributed by atoms with Crippen LogP contribution in [-0.4, -0.2) is 47.4 Å². The van der Waals surface area contributed by atoms with Gasteiger partial charge >= 0.3 is 0 Å². The number of hydrogen-bond donors (Lipinski definition) is 1. The smallest absolute Gasteiger partial charge is 0.288 e. The van der Waals surface area contributed by atoms with E-state index in [1.807, 2.05) is 0 Å². The van der Waals surface area contributed by atoms with Crippen LogP contribution < -0.4 is 5.73 Å². The maximum atomic E-state index is 12.4. The van der Waals surface area contributed by atoms with E-state index >= 15 is 0 Å². The summed E-state index contributed by atoms with van der Waals surface area (Å²) >= 11 is 5.70. The molecule has 1 saturated heterocycles. The Morgan fingerprint density at radius 1 is 1.48 bits per heavy atom. The highest BCUT2D eigenvalue weighted by Crippen LogP contribution is 2.26. The minimum Gasteiger partial charge on any atom is -0.377 e. The molecule has 1 aromatic rings. The van der Waals surface area contributed by atoms with Gasteiger partial charge in [-0.25, -0.2) is 0 Å². The van der Waals surface area contributed by atoms with E-state index in [0.717, 1.165) is 6.07 Å². The summed E-state index contributed by atoms with van der Waals surface area (Å²) in [5.74, 6) is -1.21. The van der Waals surface area contributed by atoms with Gasteiger partial charge in [0.1, 0.15) is 11.1 Å². The molecule has 1 atom stereocenters. The van der Waals surface area contributed by atoms with Gasteiger partial charge in [-0.3, -0.25) is 19.7 Å². The number of nitro benzene ring substituents is 1. The first kappa shape index (κ1) is 15.2. The number of primary amides is 1. The van der Waals surface area contributed by atoms with Crippen LogP contribution in [0.1, 0.15) is 10.4 Å². The van der Waals surface area contributed by atoms with E-state index in [2.05, 4.69) is 0 Å². The molecule has 9 heteroatoms. The van der Waals surface area contributed by atoms with Gasteiger partial charge in [-0.1, -0.05) is 11.6 Å². The van der Waals surface area contributed by atoms with Crippen LogP contribution in [0.4, 0.5) is 5.69 Å². The molecule has 0 radical (unpaired) electrons. The van der Waals surface area contributed by atoms with Crippen LogP contribution >= 0.6 is 11.6 Å². The van der Waals surface area contributed by atoms with E-state index in [0.29, 0.717) is 0 Å². The first-order chi connectivity index (χ1) is 9.91. The normalized spacial score (nSPS) is 18.3. The quantitative estimate of drug-likeness (QED) is 0.647. The molecule has 112 valence electrons. The summed E-state index contributed by atoms with van der Waals surface area (Å²) in [6.45, 7) is 0.463. The molecular weight excluding hydrogens is 302 g/mol. The van der Waals surface area contributed by atoms with Crippen molar-refractivity contribution in [2.75, 3.05) is 19.8 Å². The minimum atomic E-state index is -0.888. The lowest BCUT2D eigenvalue weighted by atomic mass is 10.1. The van der Waals surface area contributed by atoms with Crippen molar-refractivity contribution in [3.05, 3.63) is 38.9 Å². The van der Waals surface area contributed by atoms with E-state index in [9.17, 15) is 19.7 Å². The molecule has 0 spiro atoms. The molecule has 1 fully saturated rings. The van der Waals surface area contributed by atoms with Crippen LogP contribution in [0, 0.1) is 10.1 Å². The zero-order chi connectivity index (χ0) is 15.6. The van der Waals surface area contributed by atoms with Crippen LogP contribution in [-0.2, 0) is 9.53 Å². The molecule has 1 aliphatic heterocycles.